The molecule has 5 nitrogen and oxygen atoms in total. The summed E-state index contributed by atoms with van der Waals surface area (Å²) < 4.78 is 24.4. The molecule has 0 saturated carbocycles. The van der Waals surface area contributed by atoms with E-state index in [1.807, 2.05) is 19.2 Å². The van der Waals surface area contributed by atoms with Crippen molar-refractivity contribution in [2.75, 3.05) is 19.3 Å². The van der Waals surface area contributed by atoms with Crippen LogP contribution in [0.5, 0.6) is 0 Å². The summed E-state index contributed by atoms with van der Waals surface area (Å²) in [5.41, 5.74) is 2.18. The second-order valence-electron chi connectivity index (χ2n) is 5.14. The van der Waals surface area contributed by atoms with E-state index in [2.05, 4.69) is 16.4 Å². The van der Waals surface area contributed by atoms with Crippen LogP contribution in [0.25, 0.3) is 0 Å². The highest BCUT2D eigenvalue weighted by Gasteiger charge is 2.24. The number of rotatable bonds is 4. The Morgan fingerprint density at radius 2 is 2.05 bits per heavy atom. The van der Waals surface area contributed by atoms with Crippen LogP contribution in [-0.4, -0.2) is 43.1 Å². The van der Waals surface area contributed by atoms with Crippen molar-refractivity contribution in [3.8, 4) is 0 Å². The molecule has 0 bridgehead atoms. The first-order valence-electron chi connectivity index (χ1n) is 6.55. The van der Waals surface area contributed by atoms with Crippen molar-refractivity contribution in [3.63, 3.8) is 0 Å². The molecule has 0 radical (unpaired) electrons. The van der Waals surface area contributed by atoms with Gasteiger partial charge in [-0.25, -0.2) is 12.7 Å². The van der Waals surface area contributed by atoms with E-state index >= 15 is 0 Å². The van der Waals surface area contributed by atoms with Gasteiger partial charge in [-0.15, -0.1) is 0 Å². The number of aromatic nitrogens is 1. The lowest BCUT2D eigenvalue weighted by Crippen LogP contribution is -2.44. The maximum absolute atomic E-state index is 11.4. The minimum absolute atomic E-state index is 0.376. The first kappa shape index (κ1) is 14.4. The Morgan fingerprint density at radius 3 is 2.58 bits per heavy atom. The smallest absolute Gasteiger partial charge is 0.211 e. The molecule has 1 aliphatic heterocycles. The number of sulfonamides is 1. The van der Waals surface area contributed by atoms with Crippen molar-refractivity contribution >= 4 is 10.0 Å². The van der Waals surface area contributed by atoms with Gasteiger partial charge in [0.05, 0.1) is 11.9 Å². The molecule has 2 rings (SSSR count). The Hall–Kier alpha value is -0.980. The Balaban J connectivity index is 1.78. The van der Waals surface area contributed by atoms with Crippen LogP contribution in [0.15, 0.2) is 18.3 Å². The zero-order valence-corrected chi connectivity index (χ0v) is 12.3. The first-order chi connectivity index (χ1) is 8.95. The van der Waals surface area contributed by atoms with Gasteiger partial charge in [0.1, 0.15) is 0 Å². The van der Waals surface area contributed by atoms with E-state index in [1.165, 1.54) is 6.26 Å². The van der Waals surface area contributed by atoms with Gasteiger partial charge in [0, 0.05) is 31.9 Å². The number of nitrogens with one attached hydrogen (secondary N) is 1. The fraction of sp³-hybridized carbons (Fsp3) is 0.615. The standard InChI is InChI=1S/C13H21N3O2S/c1-11-3-4-13(14-9-11)10-15-12-5-7-16(8-6-12)19(2,17)18/h3-4,9,12,15H,5-8,10H2,1-2H3. The van der Waals surface area contributed by atoms with Crippen molar-refractivity contribution < 1.29 is 8.42 Å². The quantitative estimate of drug-likeness (QED) is 0.892. The maximum atomic E-state index is 11.4. The van der Waals surface area contributed by atoms with E-state index in [1.54, 1.807) is 4.31 Å². The molecule has 1 fully saturated rings. The first-order valence-corrected chi connectivity index (χ1v) is 8.40. The minimum atomic E-state index is -3.03. The summed E-state index contributed by atoms with van der Waals surface area (Å²) in [5.74, 6) is 0. The molecule has 1 aromatic rings. The van der Waals surface area contributed by atoms with E-state index in [9.17, 15) is 8.42 Å². The fourth-order valence-corrected chi connectivity index (χ4v) is 3.12. The van der Waals surface area contributed by atoms with Crippen molar-refractivity contribution in [2.45, 2.75) is 32.4 Å². The summed E-state index contributed by atoms with van der Waals surface area (Å²) in [6, 6.07) is 4.45. The summed E-state index contributed by atoms with van der Waals surface area (Å²) in [7, 11) is -3.03. The summed E-state index contributed by atoms with van der Waals surface area (Å²) in [6.07, 6.45) is 4.86. The normalized spacial score (nSPS) is 18.6. The van der Waals surface area contributed by atoms with Crippen LogP contribution in [-0.2, 0) is 16.6 Å². The van der Waals surface area contributed by atoms with Gasteiger partial charge in [0.15, 0.2) is 0 Å². The predicted molar refractivity (Wildman–Crippen MR) is 75.3 cm³/mol. The second-order valence-corrected chi connectivity index (χ2v) is 7.13. The zero-order valence-electron chi connectivity index (χ0n) is 11.5. The molecule has 2 heterocycles. The third kappa shape index (κ3) is 4.26. The monoisotopic (exact) mass is 283 g/mol. The molecule has 0 atom stereocenters. The summed E-state index contributed by atoms with van der Waals surface area (Å²) in [5, 5.41) is 3.45. The average molecular weight is 283 g/mol. The van der Waals surface area contributed by atoms with E-state index in [0.29, 0.717) is 19.1 Å². The van der Waals surface area contributed by atoms with E-state index < -0.39 is 10.0 Å². The predicted octanol–water partition coefficient (Wildman–Crippen LogP) is 0.904. The lowest BCUT2D eigenvalue weighted by Gasteiger charge is -2.30. The highest BCUT2D eigenvalue weighted by molar-refractivity contribution is 7.88. The Kier molecular flexibility index (Phi) is 4.54. The third-order valence-corrected chi connectivity index (χ3v) is 4.77. The van der Waals surface area contributed by atoms with Crippen molar-refractivity contribution in [2.24, 2.45) is 0 Å². The molecule has 1 saturated heterocycles. The van der Waals surface area contributed by atoms with Gasteiger partial charge in [-0.3, -0.25) is 4.98 Å². The molecule has 1 aromatic heterocycles. The third-order valence-electron chi connectivity index (χ3n) is 3.47. The van der Waals surface area contributed by atoms with Crippen LogP contribution in [0, 0.1) is 6.92 Å². The van der Waals surface area contributed by atoms with E-state index in [-0.39, 0.29) is 0 Å². The molecule has 0 spiro atoms. The van der Waals surface area contributed by atoms with Gasteiger partial charge in [-0.2, -0.15) is 0 Å². The highest BCUT2D eigenvalue weighted by Crippen LogP contribution is 2.13. The number of nitrogens with zero attached hydrogens (tertiary/aromatic N) is 2. The summed E-state index contributed by atoms with van der Waals surface area (Å²) >= 11 is 0. The molecule has 1 aliphatic rings. The summed E-state index contributed by atoms with van der Waals surface area (Å²) in [4.78, 5) is 4.35. The molecule has 6 heteroatoms. The molecule has 0 amide bonds. The van der Waals surface area contributed by atoms with Crippen LogP contribution in [0.2, 0.25) is 0 Å². The molecule has 1 N–H and O–H groups in total. The van der Waals surface area contributed by atoms with Gasteiger partial charge in [-0.1, -0.05) is 6.07 Å². The van der Waals surface area contributed by atoms with Crippen molar-refractivity contribution in [3.05, 3.63) is 29.6 Å². The van der Waals surface area contributed by atoms with E-state index in [4.69, 9.17) is 0 Å². The lowest BCUT2D eigenvalue weighted by atomic mass is 10.1. The van der Waals surface area contributed by atoms with Gasteiger partial charge in [0.25, 0.3) is 0 Å². The van der Waals surface area contributed by atoms with Crippen LogP contribution < -0.4 is 5.32 Å². The maximum Gasteiger partial charge on any atom is 0.211 e. The van der Waals surface area contributed by atoms with Crippen molar-refractivity contribution in [1.29, 1.82) is 0 Å². The van der Waals surface area contributed by atoms with Gasteiger partial charge in [0.2, 0.25) is 10.0 Å². The highest BCUT2D eigenvalue weighted by atomic mass is 32.2. The molecular weight excluding hydrogens is 262 g/mol. The zero-order chi connectivity index (χ0) is 13.9. The molecule has 0 aromatic carbocycles. The molecule has 0 aliphatic carbocycles. The molecular formula is C13H21N3O2S. The minimum Gasteiger partial charge on any atom is -0.308 e. The van der Waals surface area contributed by atoms with Gasteiger partial charge < -0.3 is 5.32 Å². The largest absolute Gasteiger partial charge is 0.308 e. The second kappa shape index (κ2) is 5.98. The number of aryl methyl sites for hydroxylation is 1. The lowest BCUT2D eigenvalue weighted by molar-refractivity contribution is 0.289. The van der Waals surface area contributed by atoms with Crippen LogP contribution in [0.3, 0.4) is 0 Å². The van der Waals surface area contributed by atoms with Crippen LogP contribution in [0.1, 0.15) is 24.1 Å². The molecule has 106 valence electrons. The Labute approximate surface area is 115 Å². The van der Waals surface area contributed by atoms with Crippen LogP contribution in [0.4, 0.5) is 0 Å². The molecule has 0 unspecified atom stereocenters. The summed E-state index contributed by atoms with van der Waals surface area (Å²) in [6.45, 7) is 3.98. The van der Waals surface area contributed by atoms with Gasteiger partial charge >= 0.3 is 0 Å². The van der Waals surface area contributed by atoms with Gasteiger partial charge in [-0.05, 0) is 31.4 Å². The SMILES string of the molecule is Cc1ccc(CNC2CCN(S(C)(=O)=O)CC2)nc1. The van der Waals surface area contributed by atoms with E-state index in [0.717, 1.165) is 30.6 Å². The Bertz CT molecular complexity index is 505. The molecule has 19 heavy (non-hydrogen) atoms. The average Bonchev–Trinajstić information content (AvgIpc) is 2.37. The number of piperidine rings is 1. The number of hydrogen-bond acceptors (Lipinski definition) is 4. The fourth-order valence-electron chi connectivity index (χ4n) is 2.24. The topological polar surface area (TPSA) is 62.3 Å². The Morgan fingerprint density at radius 1 is 1.37 bits per heavy atom. The van der Waals surface area contributed by atoms with Crippen molar-refractivity contribution in [1.82, 2.24) is 14.6 Å². The number of pyridine rings is 1. The number of hydrogen-bond donors (Lipinski definition) is 1. The van der Waals surface area contributed by atoms with Crippen LogP contribution >= 0.6 is 0 Å².